The molecule has 1 unspecified atom stereocenters. The van der Waals surface area contributed by atoms with E-state index in [2.05, 4.69) is 6.07 Å². The number of hydrogen-bond acceptors (Lipinski definition) is 3. The summed E-state index contributed by atoms with van der Waals surface area (Å²) < 4.78 is 5.50. The van der Waals surface area contributed by atoms with Gasteiger partial charge in [0.1, 0.15) is 18.4 Å². The van der Waals surface area contributed by atoms with Gasteiger partial charge in [0.05, 0.1) is 0 Å². The van der Waals surface area contributed by atoms with E-state index in [1.165, 1.54) is 0 Å². The van der Waals surface area contributed by atoms with Crippen LogP contribution in [0, 0.1) is 20.8 Å². The Morgan fingerprint density at radius 3 is 2.56 bits per heavy atom. The van der Waals surface area contributed by atoms with E-state index in [0.29, 0.717) is 0 Å². The Morgan fingerprint density at radius 2 is 2.00 bits per heavy atom. The molecule has 0 saturated carbocycles. The Hall–Kier alpha value is -1.55. The summed E-state index contributed by atoms with van der Waals surface area (Å²) in [5.74, 6) is 0.205. The average molecular weight is 222 g/mol. The molecule has 4 nitrogen and oxygen atoms in total. The summed E-state index contributed by atoms with van der Waals surface area (Å²) in [4.78, 5) is 10.8. The molecule has 1 aromatic rings. The van der Waals surface area contributed by atoms with E-state index in [-0.39, 0.29) is 6.61 Å². The molecule has 4 N–H and O–H groups in total. The molecule has 0 aromatic heterocycles. The third-order valence-electron chi connectivity index (χ3n) is 2.55. The molecular formula is C12H18N2O2. The number of primary amides is 1. The van der Waals surface area contributed by atoms with Crippen LogP contribution in [0.1, 0.15) is 16.7 Å². The standard InChI is InChI=1S/C12H18N2O2/c1-7-4-8(2)9(3)11(5-7)16-6-10(13)12(14)15/h4-5,10H,6,13H2,1-3H3,(H2,14,15). The molecule has 0 radical (unpaired) electrons. The van der Waals surface area contributed by atoms with Crippen molar-refractivity contribution in [2.75, 3.05) is 6.61 Å². The van der Waals surface area contributed by atoms with Crippen LogP contribution in [0.5, 0.6) is 5.75 Å². The summed E-state index contributed by atoms with van der Waals surface area (Å²) in [5.41, 5.74) is 13.9. The quantitative estimate of drug-likeness (QED) is 0.791. The number of ether oxygens (including phenoxy) is 1. The first-order chi connectivity index (χ1) is 7.41. The molecule has 0 fully saturated rings. The number of carbonyl (C=O) groups excluding carboxylic acids is 1. The van der Waals surface area contributed by atoms with E-state index in [9.17, 15) is 4.79 Å². The molecule has 0 spiro atoms. The van der Waals surface area contributed by atoms with Crippen LogP contribution in [-0.4, -0.2) is 18.6 Å². The van der Waals surface area contributed by atoms with Crippen molar-refractivity contribution in [3.63, 3.8) is 0 Å². The minimum atomic E-state index is -0.764. The van der Waals surface area contributed by atoms with Crippen molar-refractivity contribution < 1.29 is 9.53 Å². The van der Waals surface area contributed by atoms with Crippen LogP contribution in [0.4, 0.5) is 0 Å². The highest BCUT2D eigenvalue weighted by Gasteiger charge is 2.11. The highest BCUT2D eigenvalue weighted by atomic mass is 16.5. The number of benzene rings is 1. The van der Waals surface area contributed by atoms with E-state index in [1.807, 2.05) is 26.8 Å². The third kappa shape index (κ3) is 2.97. The Labute approximate surface area is 95.6 Å². The number of rotatable bonds is 4. The van der Waals surface area contributed by atoms with Crippen LogP contribution in [0.3, 0.4) is 0 Å². The van der Waals surface area contributed by atoms with Gasteiger partial charge in [-0.15, -0.1) is 0 Å². The van der Waals surface area contributed by atoms with Gasteiger partial charge in [-0.1, -0.05) is 6.07 Å². The summed E-state index contributed by atoms with van der Waals surface area (Å²) in [6.07, 6.45) is 0. The zero-order chi connectivity index (χ0) is 12.3. The lowest BCUT2D eigenvalue weighted by atomic mass is 10.1. The molecule has 1 amide bonds. The largest absolute Gasteiger partial charge is 0.491 e. The molecule has 0 bridgehead atoms. The molecule has 0 aliphatic heterocycles. The van der Waals surface area contributed by atoms with Crippen molar-refractivity contribution in [2.24, 2.45) is 11.5 Å². The van der Waals surface area contributed by atoms with Crippen molar-refractivity contribution in [3.8, 4) is 5.75 Å². The molecule has 0 saturated heterocycles. The SMILES string of the molecule is Cc1cc(C)c(C)c(OCC(N)C(N)=O)c1. The first kappa shape index (κ1) is 12.5. The van der Waals surface area contributed by atoms with Crippen LogP contribution < -0.4 is 16.2 Å². The summed E-state index contributed by atoms with van der Waals surface area (Å²) in [7, 11) is 0. The molecule has 1 rings (SSSR count). The van der Waals surface area contributed by atoms with Gasteiger partial charge >= 0.3 is 0 Å². The average Bonchev–Trinajstić information content (AvgIpc) is 2.20. The maximum Gasteiger partial charge on any atom is 0.237 e. The summed E-state index contributed by atoms with van der Waals surface area (Å²) in [6, 6.07) is 3.24. The number of amides is 1. The topological polar surface area (TPSA) is 78.3 Å². The monoisotopic (exact) mass is 222 g/mol. The van der Waals surface area contributed by atoms with Gasteiger partial charge in [-0.25, -0.2) is 0 Å². The van der Waals surface area contributed by atoms with Crippen molar-refractivity contribution in [1.82, 2.24) is 0 Å². The smallest absolute Gasteiger partial charge is 0.237 e. The second-order valence-electron chi connectivity index (χ2n) is 4.02. The van der Waals surface area contributed by atoms with Crippen molar-refractivity contribution in [2.45, 2.75) is 26.8 Å². The molecule has 0 aliphatic carbocycles. The zero-order valence-electron chi connectivity index (χ0n) is 9.91. The Balaban J connectivity index is 2.78. The van der Waals surface area contributed by atoms with Gasteiger partial charge in [0, 0.05) is 0 Å². The second-order valence-corrected chi connectivity index (χ2v) is 4.02. The minimum absolute atomic E-state index is 0.110. The van der Waals surface area contributed by atoms with Gasteiger partial charge in [0.2, 0.25) is 5.91 Å². The van der Waals surface area contributed by atoms with Crippen molar-refractivity contribution in [1.29, 1.82) is 0 Å². The lowest BCUT2D eigenvalue weighted by molar-refractivity contribution is -0.119. The Kier molecular flexibility index (Phi) is 3.90. The fourth-order valence-electron chi connectivity index (χ4n) is 1.41. The zero-order valence-corrected chi connectivity index (χ0v) is 9.91. The fraction of sp³-hybridized carbons (Fsp3) is 0.417. The molecule has 88 valence electrons. The van der Waals surface area contributed by atoms with Crippen molar-refractivity contribution in [3.05, 3.63) is 28.8 Å². The molecular weight excluding hydrogens is 204 g/mol. The number of aryl methyl sites for hydroxylation is 2. The minimum Gasteiger partial charge on any atom is -0.491 e. The van der Waals surface area contributed by atoms with Crippen LogP contribution in [0.25, 0.3) is 0 Å². The number of hydrogen-bond donors (Lipinski definition) is 2. The lowest BCUT2D eigenvalue weighted by Gasteiger charge is -2.14. The van der Waals surface area contributed by atoms with Crippen LogP contribution in [0.2, 0.25) is 0 Å². The third-order valence-corrected chi connectivity index (χ3v) is 2.55. The van der Waals surface area contributed by atoms with Crippen LogP contribution >= 0.6 is 0 Å². The van der Waals surface area contributed by atoms with E-state index in [0.717, 1.165) is 22.4 Å². The fourth-order valence-corrected chi connectivity index (χ4v) is 1.41. The predicted molar refractivity (Wildman–Crippen MR) is 63.3 cm³/mol. The molecule has 1 atom stereocenters. The van der Waals surface area contributed by atoms with E-state index >= 15 is 0 Å². The van der Waals surface area contributed by atoms with Gasteiger partial charge in [-0.05, 0) is 43.5 Å². The molecule has 1 aromatic carbocycles. The van der Waals surface area contributed by atoms with Crippen LogP contribution in [0.15, 0.2) is 12.1 Å². The summed E-state index contributed by atoms with van der Waals surface area (Å²) in [5, 5.41) is 0. The first-order valence-corrected chi connectivity index (χ1v) is 5.17. The molecule has 0 aliphatic rings. The van der Waals surface area contributed by atoms with E-state index in [4.69, 9.17) is 16.2 Å². The van der Waals surface area contributed by atoms with Gasteiger partial charge in [-0.2, -0.15) is 0 Å². The maximum absolute atomic E-state index is 10.8. The lowest BCUT2D eigenvalue weighted by Crippen LogP contribution is -2.41. The van der Waals surface area contributed by atoms with Gasteiger partial charge in [0.15, 0.2) is 0 Å². The van der Waals surface area contributed by atoms with Gasteiger partial charge in [0.25, 0.3) is 0 Å². The summed E-state index contributed by atoms with van der Waals surface area (Å²) in [6.45, 7) is 6.09. The number of nitrogens with two attached hydrogens (primary N) is 2. The highest BCUT2D eigenvalue weighted by Crippen LogP contribution is 2.23. The van der Waals surface area contributed by atoms with Crippen LogP contribution in [-0.2, 0) is 4.79 Å². The maximum atomic E-state index is 10.8. The molecule has 16 heavy (non-hydrogen) atoms. The summed E-state index contributed by atoms with van der Waals surface area (Å²) >= 11 is 0. The van der Waals surface area contributed by atoms with E-state index in [1.54, 1.807) is 0 Å². The molecule has 0 heterocycles. The van der Waals surface area contributed by atoms with Gasteiger partial charge in [-0.3, -0.25) is 4.79 Å². The first-order valence-electron chi connectivity index (χ1n) is 5.17. The molecule has 4 heteroatoms. The predicted octanol–water partition coefficient (Wildman–Crippen LogP) is 0.803. The Bertz CT molecular complexity index is 402. The normalized spacial score (nSPS) is 12.2. The van der Waals surface area contributed by atoms with Gasteiger partial charge < -0.3 is 16.2 Å². The van der Waals surface area contributed by atoms with E-state index < -0.39 is 11.9 Å². The highest BCUT2D eigenvalue weighted by molar-refractivity contribution is 5.79. The second kappa shape index (κ2) is 4.99. The number of carbonyl (C=O) groups is 1. The Morgan fingerprint density at radius 1 is 1.38 bits per heavy atom. The van der Waals surface area contributed by atoms with Crippen molar-refractivity contribution >= 4 is 5.91 Å².